The van der Waals surface area contributed by atoms with Gasteiger partial charge < -0.3 is 5.11 Å². The van der Waals surface area contributed by atoms with Crippen LogP contribution in [0.25, 0.3) is 0 Å². The fourth-order valence-corrected chi connectivity index (χ4v) is 2.15. The minimum Gasteiger partial charge on any atom is -0.396 e. The van der Waals surface area contributed by atoms with Gasteiger partial charge in [-0.1, -0.05) is 38.4 Å². The van der Waals surface area contributed by atoms with E-state index >= 15 is 0 Å². The first-order valence-electron chi connectivity index (χ1n) is 5.42. The summed E-state index contributed by atoms with van der Waals surface area (Å²) in [7, 11) is 0. The molecule has 0 bridgehead atoms. The number of hydrogen-bond donors (Lipinski definition) is 1. The molecule has 0 amide bonds. The van der Waals surface area contributed by atoms with Gasteiger partial charge in [0.15, 0.2) is 0 Å². The summed E-state index contributed by atoms with van der Waals surface area (Å²) in [6.07, 6.45) is 0.658. The predicted molar refractivity (Wildman–Crippen MR) is 65.3 cm³/mol. The fourth-order valence-electron chi connectivity index (χ4n) is 1.96. The van der Waals surface area contributed by atoms with E-state index in [2.05, 4.69) is 20.8 Å². The molecule has 0 aromatic heterocycles. The van der Waals surface area contributed by atoms with Gasteiger partial charge in [0.1, 0.15) is 5.82 Å². The van der Waals surface area contributed by atoms with Crippen LogP contribution in [0.2, 0.25) is 5.02 Å². The summed E-state index contributed by atoms with van der Waals surface area (Å²) in [5.41, 5.74) is 0.997. The standard InChI is InChI=1S/C13H18ClFO/c1-13(2,3)10(6-7-16)9-4-5-12(15)11(14)8-9/h4-5,8,10,16H,6-7H2,1-3H3/t10-/m1/s1. The van der Waals surface area contributed by atoms with E-state index in [9.17, 15) is 4.39 Å². The quantitative estimate of drug-likeness (QED) is 0.853. The lowest BCUT2D eigenvalue weighted by Gasteiger charge is -2.31. The van der Waals surface area contributed by atoms with Crippen molar-refractivity contribution in [1.82, 2.24) is 0 Å². The SMILES string of the molecule is CC(C)(C)[C@H](CCO)c1ccc(F)c(Cl)c1. The largest absolute Gasteiger partial charge is 0.396 e. The number of rotatable bonds is 3. The van der Waals surface area contributed by atoms with Gasteiger partial charge in [0, 0.05) is 6.61 Å². The third-order valence-electron chi connectivity index (χ3n) is 2.81. The third kappa shape index (κ3) is 3.19. The molecule has 0 aliphatic carbocycles. The van der Waals surface area contributed by atoms with Crippen LogP contribution in [0, 0.1) is 11.2 Å². The molecule has 90 valence electrons. The molecule has 16 heavy (non-hydrogen) atoms. The molecule has 0 radical (unpaired) electrons. The Hall–Kier alpha value is -0.600. The summed E-state index contributed by atoms with van der Waals surface area (Å²) >= 11 is 5.77. The molecule has 3 heteroatoms. The minimum atomic E-state index is -0.401. The zero-order chi connectivity index (χ0) is 12.3. The van der Waals surface area contributed by atoms with Crippen LogP contribution in [0.3, 0.4) is 0 Å². The second-order valence-corrected chi connectivity index (χ2v) is 5.51. The first-order valence-corrected chi connectivity index (χ1v) is 5.80. The average molecular weight is 245 g/mol. The zero-order valence-electron chi connectivity index (χ0n) is 9.93. The Morgan fingerprint density at radius 2 is 2.00 bits per heavy atom. The van der Waals surface area contributed by atoms with E-state index in [1.54, 1.807) is 12.1 Å². The van der Waals surface area contributed by atoms with Crippen LogP contribution in [-0.4, -0.2) is 11.7 Å². The van der Waals surface area contributed by atoms with Gasteiger partial charge in [0.25, 0.3) is 0 Å². The normalized spacial score (nSPS) is 13.9. The monoisotopic (exact) mass is 244 g/mol. The van der Waals surface area contributed by atoms with E-state index in [4.69, 9.17) is 16.7 Å². The molecule has 0 saturated heterocycles. The highest BCUT2D eigenvalue weighted by atomic mass is 35.5. The highest BCUT2D eigenvalue weighted by Crippen LogP contribution is 2.38. The van der Waals surface area contributed by atoms with E-state index in [0.29, 0.717) is 6.42 Å². The second kappa shape index (κ2) is 5.15. The van der Waals surface area contributed by atoms with Crippen LogP contribution in [0.1, 0.15) is 38.7 Å². The summed E-state index contributed by atoms with van der Waals surface area (Å²) in [6, 6.07) is 4.78. The van der Waals surface area contributed by atoms with Gasteiger partial charge in [-0.25, -0.2) is 4.39 Å². The molecular formula is C13H18ClFO. The Labute approximate surface area is 101 Å². The molecule has 0 spiro atoms. The van der Waals surface area contributed by atoms with Gasteiger partial charge in [0.2, 0.25) is 0 Å². The molecule has 0 saturated carbocycles. The maximum Gasteiger partial charge on any atom is 0.141 e. The van der Waals surface area contributed by atoms with Crippen LogP contribution in [0.15, 0.2) is 18.2 Å². The molecular weight excluding hydrogens is 227 g/mol. The topological polar surface area (TPSA) is 20.2 Å². The molecule has 1 atom stereocenters. The smallest absolute Gasteiger partial charge is 0.141 e. The van der Waals surface area contributed by atoms with Gasteiger partial charge in [-0.3, -0.25) is 0 Å². The number of hydrogen-bond acceptors (Lipinski definition) is 1. The van der Waals surface area contributed by atoms with Gasteiger partial charge in [-0.05, 0) is 35.4 Å². The van der Waals surface area contributed by atoms with Crippen molar-refractivity contribution in [3.63, 3.8) is 0 Å². The number of benzene rings is 1. The highest BCUT2D eigenvalue weighted by Gasteiger charge is 2.26. The molecule has 0 aliphatic heterocycles. The maximum absolute atomic E-state index is 13.1. The minimum absolute atomic E-state index is 0.0177. The Morgan fingerprint density at radius 1 is 1.38 bits per heavy atom. The van der Waals surface area contributed by atoms with Gasteiger partial charge >= 0.3 is 0 Å². The summed E-state index contributed by atoms with van der Waals surface area (Å²) in [6.45, 7) is 6.43. The summed E-state index contributed by atoms with van der Waals surface area (Å²) < 4.78 is 13.1. The first-order chi connectivity index (χ1) is 7.36. The maximum atomic E-state index is 13.1. The van der Waals surface area contributed by atoms with Crippen LogP contribution >= 0.6 is 11.6 Å². The summed E-state index contributed by atoms with van der Waals surface area (Å²) in [5.74, 6) is -0.224. The van der Waals surface area contributed by atoms with Crippen molar-refractivity contribution in [3.8, 4) is 0 Å². The second-order valence-electron chi connectivity index (χ2n) is 5.10. The van der Waals surface area contributed by atoms with Crippen molar-refractivity contribution < 1.29 is 9.50 Å². The van der Waals surface area contributed by atoms with Crippen molar-refractivity contribution in [1.29, 1.82) is 0 Å². The molecule has 1 nitrogen and oxygen atoms in total. The third-order valence-corrected chi connectivity index (χ3v) is 3.10. The van der Waals surface area contributed by atoms with E-state index in [1.807, 2.05) is 0 Å². The number of aliphatic hydroxyl groups excluding tert-OH is 1. The zero-order valence-corrected chi connectivity index (χ0v) is 10.7. The van der Waals surface area contributed by atoms with E-state index in [-0.39, 0.29) is 23.0 Å². The molecule has 0 fully saturated rings. The van der Waals surface area contributed by atoms with E-state index in [0.717, 1.165) is 5.56 Å². The molecule has 1 aromatic rings. The van der Waals surface area contributed by atoms with Crippen molar-refractivity contribution in [2.75, 3.05) is 6.61 Å². The molecule has 0 heterocycles. The predicted octanol–water partition coefficient (Wildman–Crippen LogP) is 3.99. The van der Waals surface area contributed by atoms with E-state index in [1.165, 1.54) is 6.07 Å². The Bertz CT molecular complexity index is 357. The number of aliphatic hydroxyl groups is 1. The molecule has 1 N–H and O–H groups in total. The van der Waals surface area contributed by atoms with Crippen LogP contribution in [0.4, 0.5) is 4.39 Å². The lowest BCUT2D eigenvalue weighted by molar-refractivity contribution is 0.223. The van der Waals surface area contributed by atoms with Crippen molar-refractivity contribution in [2.24, 2.45) is 5.41 Å². The fraction of sp³-hybridized carbons (Fsp3) is 0.538. The van der Waals surface area contributed by atoms with Crippen LogP contribution in [-0.2, 0) is 0 Å². The van der Waals surface area contributed by atoms with Gasteiger partial charge in [-0.2, -0.15) is 0 Å². The van der Waals surface area contributed by atoms with Crippen molar-refractivity contribution in [3.05, 3.63) is 34.6 Å². The van der Waals surface area contributed by atoms with Crippen LogP contribution in [0.5, 0.6) is 0 Å². The van der Waals surface area contributed by atoms with Crippen molar-refractivity contribution >= 4 is 11.6 Å². The number of halogens is 2. The lowest BCUT2D eigenvalue weighted by Crippen LogP contribution is -2.19. The Morgan fingerprint density at radius 3 is 2.44 bits per heavy atom. The summed E-state index contributed by atoms with van der Waals surface area (Å²) in [5, 5.41) is 9.22. The van der Waals surface area contributed by atoms with Crippen LogP contribution < -0.4 is 0 Å². The Balaban J connectivity index is 3.06. The molecule has 0 aliphatic rings. The highest BCUT2D eigenvalue weighted by molar-refractivity contribution is 6.30. The average Bonchev–Trinajstić information content (AvgIpc) is 2.17. The Kier molecular flexibility index (Phi) is 4.34. The van der Waals surface area contributed by atoms with Crippen molar-refractivity contribution in [2.45, 2.75) is 33.1 Å². The van der Waals surface area contributed by atoms with Gasteiger partial charge in [0.05, 0.1) is 5.02 Å². The van der Waals surface area contributed by atoms with E-state index < -0.39 is 5.82 Å². The summed E-state index contributed by atoms with van der Waals surface area (Å²) in [4.78, 5) is 0. The molecule has 1 rings (SSSR count). The molecule has 0 unspecified atom stereocenters. The van der Waals surface area contributed by atoms with Gasteiger partial charge in [-0.15, -0.1) is 0 Å². The molecule has 1 aromatic carbocycles. The lowest BCUT2D eigenvalue weighted by atomic mass is 9.75. The first kappa shape index (κ1) is 13.5.